The summed E-state index contributed by atoms with van der Waals surface area (Å²) in [6.07, 6.45) is 78.7. The van der Waals surface area contributed by atoms with Crippen LogP contribution in [0, 0.1) is 0 Å². The number of aliphatic hydroxyl groups excluding tert-OH is 2. The number of aliphatic hydroxyl groups is 2. The third kappa shape index (κ3) is 71.6. The fourth-order valence-electron chi connectivity index (χ4n) is 10.0. The Morgan fingerprint density at radius 2 is 0.526 bits per heavy atom. The highest BCUT2D eigenvalue weighted by Crippen LogP contribution is 2.45. The van der Waals surface area contributed by atoms with Gasteiger partial charge in [-0.3, -0.25) is 32.5 Å². The molecule has 0 aromatic heterocycles. The molecule has 95 heavy (non-hydrogen) atoms. The van der Waals surface area contributed by atoms with Crippen molar-refractivity contribution in [1.29, 1.82) is 0 Å². The molecule has 0 rings (SSSR count). The number of unbranched alkanes of at least 4 members (excludes halogenated alkanes) is 32. The van der Waals surface area contributed by atoms with Crippen molar-refractivity contribution in [3.63, 3.8) is 0 Å². The Balaban J connectivity index is 4.60. The summed E-state index contributed by atoms with van der Waals surface area (Å²) < 4.78 is 61.0. The largest absolute Gasteiger partial charge is 0.472 e. The molecule has 0 saturated heterocycles. The summed E-state index contributed by atoms with van der Waals surface area (Å²) in [5.41, 5.74) is 0. The van der Waals surface area contributed by atoms with Crippen molar-refractivity contribution in [3.8, 4) is 0 Å². The van der Waals surface area contributed by atoms with Crippen LogP contribution in [-0.2, 0) is 55.8 Å². The Hall–Kier alpha value is -3.53. The zero-order valence-corrected chi connectivity index (χ0v) is 61.6. The summed E-state index contributed by atoms with van der Waals surface area (Å²) in [5, 5.41) is 20.6. The van der Waals surface area contributed by atoms with Gasteiger partial charge in [-0.2, -0.15) is 0 Å². The quantitative estimate of drug-likeness (QED) is 0.0146. The lowest BCUT2D eigenvalue weighted by molar-refractivity contribution is -0.161. The maximum Gasteiger partial charge on any atom is 0.472 e. The van der Waals surface area contributed by atoms with E-state index in [9.17, 15) is 43.5 Å². The van der Waals surface area contributed by atoms with Gasteiger partial charge in [0.25, 0.3) is 0 Å². The van der Waals surface area contributed by atoms with E-state index in [-0.39, 0.29) is 19.3 Å². The van der Waals surface area contributed by atoms with Crippen molar-refractivity contribution in [2.24, 2.45) is 0 Å². The van der Waals surface area contributed by atoms with Crippen molar-refractivity contribution in [1.82, 2.24) is 0 Å². The van der Waals surface area contributed by atoms with Crippen LogP contribution in [0.2, 0.25) is 0 Å². The van der Waals surface area contributed by atoms with E-state index in [2.05, 4.69) is 118 Å². The summed E-state index contributed by atoms with van der Waals surface area (Å²) in [6.45, 7) is 2.62. The van der Waals surface area contributed by atoms with Crippen LogP contribution in [-0.4, -0.2) is 95.9 Å². The fourth-order valence-corrected chi connectivity index (χ4v) is 11.6. The predicted octanol–water partition coefficient (Wildman–Crippen LogP) is 21.4. The monoisotopic (exact) mass is 1380 g/mol. The van der Waals surface area contributed by atoms with Crippen LogP contribution in [0.5, 0.6) is 0 Å². The van der Waals surface area contributed by atoms with E-state index in [0.29, 0.717) is 19.3 Å². The molecular weight excluding hydrogens is 1240 g/mol. The number of carbonyl (C=O) groups excluding carboxylic acids is 3. The van der Waals surface area contributed by atoms with E-state index >= 15 is 0 Å². The molecule has 0 radical (unpaired) electrons. The molecule has 0 saturated carbocycles. The highest BCUT2D eigenvalue weighted by molar-refractivity contribution is 7.47. The SMILES string of the molecule is CCCCC/C=C\C/C=C\C/C=C\C/C=C\CCCCCCCCCC(=O)OCC(O)COP(=O)(O)OCC(O)COP(=O)(O)OCC(COC(=O)CCCCCCCCC/C=C\C/C=C\C/C=C\C/C=C\CCCCC)OC(=O)CCCCCCCCCCCCCCC. The van der Waals surface area contributed by atoms with Gasteiger partial charge in [-0.25, -0.2) is 9.13 Å². The molecule has 0 aromatic carbocycles. The third-order valence-electron chi connectivity index (χ3n) is 15.8. The van der Waals surface area contributed by atoms with E-state index in [1.54, 1.807) is 0 Å². The van der Waals surface area contributed by atoms with E-state index in [0.717, 1.165) is 154 Å². The van der Waals surface area contributed by atoms with Crippen molar-refractivity contribution in [2.45, 2.75) is 334 Å². The van der Waals surface area contributed by atoms with Gasteiger partial charge in [-0.05, 0) is 109 Å². The average Bonchev–Trinajstić information content (AvgIpc) is 1.91. The molecule has 0 aliphatic carbocycles. The van der Waals surface area contributed by atoms with Crippen LogP contribution in [0.15, 0.2) is 97.2 Å². The number of phosphoric ester groups is 2. The Labute approximate surface area is 578 Å². The Kier molecular flexibility index (Phi) is 67.7. The first kappa shape index (κ1) is 91.5. The zero-order valence-electron chi connectivity index (χ0n) is 59.8. The second-order valence-electron chi connectivity index (χ2n) is 25.1. The number of carbonyl (C=O) groups is 3. The molecule has 0 aromatic rings. The minimum Gasteiger partial charge on any atom is -0.463 e. The van der Waals surface area contributed by atoms with Crippen LogP contribution >= 0.6 is 15.6 Å². The second-order valence-corrected chi connectivity index (χ2v) is 28.0. The Bertz CT molecular complexity index is 2120. The van der Waals surface area contributed by atoms with Gasteiger partial charge in [0.05, 0.1) is 26.4 Å². The van der Waals surface area contributed by atoms with Gasteiger partial charge in [-0.15, -0.1) is 0 Å². The molecule has 0 amide bonds. The van der Waals surface area contributed by atoms with Gasteiger partial charge in [0.15, 0.2) is 6.10 Å². The molecule has 0 aliphatic heterocycles. The molecule has 4 N–H and O–H groups in total. The highest BCUT2D eigenvalue weighted by Gasteiger charge is 2.29. The fraction of sp³-hybridized carbons (Fsp3) is 0.753. The number of rotatable bonds is 71. The molecule has 550 valence electrons. The van der Waals surface area contributed by atoms with Crippen LogP contribution < -0.4 is 0 Å². The number of allylic oxidation sites excluding steroid dienone is 16. The van der Waals surface area contributed by atoms with Crippen molar-refractivity contribution >= 4 is 33.6 Å². The first-order valence-electron chi connectivity index (χ1n) is 37.5. The number of phosphoric acid groups is 2. The van der Waals surface area contributed by atoms with Gasteiger partial charge in [-0.1, -0.05) is 285 Å². The minimum absolute atomic E-state index is 0.104. The number of hydrogen-bond acceptors (Lipinski definition) is 14. The van der Waals surface area contributed by atoms with Crippen molar-refractivity contribution in [3.05, 3.63) is 97.2 Å². The maximum absolute atomic E-state index is 12.9. The molecule has 0 bridgehead atoms. The van der Waals surface area contributed by atoms with Crippen molar-refractivity contribution in [2.75, 3.05) is 39.6 Å². The zero-order chi connectivity index (χ0) is 69.5. The summed E-state index contributed by atoms with van der Waals surface area (Å²) in [6, 6.07) is 0. The maximum atomic E-state index is 12.9. The summed E-state index contributed by atoms with van der Waals surface area (Å²) in [7, 11) is -9.78. The lowest BCUT2D eigenvalue weighted by Gasteiger charge is -2.21. The van der Waals surface area contributed by atoms with E-state index < -0.39 is 91.5 Å². The number of ether oxygens (including phenoxy) is 3. The molecule has 0 spiro atoms. The minimum atomic E-state index is -4.93. The molecule has 5 atom stereocenters. The van der Waals surface area contributed by atoms with Gasteiger partial charge >= 0.3 is 33.6 Å². The third-order valence-corrected chi connectivity index (χ3v) is 17.7. The normalized spacial score (nSPS) is 14.6. The van der Waals surface area contributed by atoms with Crippen LogP contribution in [0.25, 0.3) is 0 Å². The molecule has 0 fully saturated rings. The van der Waals surface area contributed by atoms with Gasteiger partial charge in [0.1, 0.15) is 25.4 Å². The van der Waals surface area contributed by atoms with E-state index in [1.807, 2.05) is 0 Å². The second kappa shape index (κ2) is 70.3. The summed E-state index contributed by atoms with van der Waals surface area (Å²) in [4.78, 5) is 58.5. The van der Waals surface area contributed by atoms with Crippen LogP contribution in [0.4, 0.5) is 0 Å². The topological polar surface area (TPSA) is 231 Å². The van der Waals surface area contributed by atoms with Gasteiger partial charge in [0.2, 0.25) is 0 Å². The van der Waals surface area contributed by atoms with Crippen LogP contribution in [0.3, 0.4) is 0 Å². The molecule has 5 unspecified atom stereocenters. The predicted molar refractivity (Wildman–Crippen MR) is 390 cm³/mol. The first-order chi connectivity index (χ1) is 46.2. The van der Waals surface area contributed by atoms with Crippen molar-refractivity contribution < 1.29 is 75.8 Å². The molecule has 18 heteroatoms. The summed E-state index contributed by atoms with van der Waals surface area (Å²) in [5.74, 6) is -1.59. The van der Waals surface area contributed by atoms with E-state index in [4.69, 9.17) is 32.3 Å². The lowest BCUT2D eigenvalue weighted by atomic mass is 10.0. The van der Waals surface area contributed by atoms with Gasteiger partial charge < -0.3 is 34.2 Å². The number of esters is 3. The average molecular weight is 1380 g/mol. The summed E-state index contributed by atoms with van der Waals surface area (Å²) >= 11 is 0. The highest BCUT2D eigenvalue weighted by atomic mass is 31.2. The Morgan fingerprint density at radius 3 is 0.853 bits per heavy atom. The molecule has 0 aliphatic rings. The first-order valence-corrected chi connectivity index (χ1v) is 40.5. The Morgan fingerprint density at radius 1 is 0.295 bits per heavy atom. The van der Waals surface area contributed by atoms with E-state index in [1.165, 1.54) is 103 Å². The molecule has 0 heterocycles. The number of hydrogen-bond donors (Lipinski definition) is 4. The molecular formula is C77H136O16P2. The van der Waals surface area contributed by atoms with Crippen LogP contribution in [0.1, 0.15) is 316 Å². The standard InChI is InChI=1S/C77H136O16P2/c1-4-7-10-13-16-19-22-25-27-29-31-33-35-37-39-41-43-46-48-51-54-57-60-63-75(80)87-66-72(78)67-89-94(83,84)90-68-73(79)69-91-95(85,86)92-71-74(93-77(82)65-62-59-56-53-50-45-24-21-18-15-12-9-6-3)70-88-76(81)64-61-58-55-52-49-47-44-42-40-38-36-34-32-30-28-26-23-20-17-14-11-8-5-2/h16-17,19-20,25-28,31-34,37-40,72-74,78-79H,4-15,18,21-24,29-30,35-36,41-71H2,1-3H3,(H,83,84)(H,85,86)/b19-16-,20-17-,27-25-,28-26-,33-31-,34-32-,39-37-,40-38-. The van der Waals surface area contributed by atoms with Gasteiger partial charge in [0, 0.05) is 19.3 Å². The molecule has 16 nitrogen and oxygen atoms in total. The lowest BCUT2D eigenvalue weighted by Crippen LogP contribution is -2.30. The smallest absolute Gasteiger partial charge is 0.463 e.